The molecule has 0 aliphatic carbocycles. The van der Waals surface area contributed by atoms with Crippen molar-refractivity contribution in [3.8, 4) is 0 Å². The highest BCUT2D eigenvalue weighted by molar-refractivity contribution is 6.21. The predicted molar refractivity (Wildman–Crippen MR) is 120 cm³/mol. The Balaban J connectivity index is 1.29. The number of rotatable bonds is 8. The normalized spacial score (nSPS) is 17.3. The molecule has 7 nitrogen and oxygen atoms in total. The molecule has 0 bridgehead atoms. The van der Waals surface area contributed by atoms with Crippen LogP contribution in [0.3, 0.4) is 0 Å². The first-order chi connectivity index (χ1) is 15.5. The third-order valence-electron chi connectivity index (χ3n) is 6.08. The molecule has 168 valence electrons. The molecule has 0 spiro atoms. The molecule has 32 heavy (non-hydrogen) atoms. The smallest absolute Gasteiger partial charge is 0.261 e. The third kappa shape index (κ3) is 4.89. The summed E-state index contributed by atoms with van der Waals surface area (Å²) < 4.78 is 5.47. The van der Waals surface area contributed by atoms with Gasteiger partial charge >= 0.3 is 0 Å². The number of imide groups is 1. The highest BCUT2D eigenvalue weighted by Gasteiger charge is 2.35. The zero-order chi connectivity index (χ0) is 22.5. The molecule has 1 N–H and O–H groups in total. The summed E-state index contributed by atoms with van der Waals surface area (Å²) in [5.74, 6) is -0.626. The van der Waals surface area contributed by atoms with E-state index in [1.165, 1.54) is 4.90 Å². The van der Waals surface area contributed by atoms with Gasteiger partial charge in [0.25, 0.3) is 11.8 Å². The van der Waals surface area contributed by atoms with E-state index in [2.05, 4.69) is 22.3 Å². The topological polar surface area (TPSA) is 79.0 Å². The number of benzene rings is 2. The zero-order valence-electron chi connectivity index (χ0n) is 18.4. The number of nitrogens with zero attached hydrogens (tertiary/aromatic N) is 2. The van der Waals surface area contributed by atoms with E-state index >= 15 is 0 Å². The summed E-state index contributed by atoms with van der Waals surface area (Å²) in [5.41, 5.74) is 3.01. The van der Waals surface area contributed by atoms with Crippen molar-refractivity contribution in [3.63, 3.8) is 0 Å². The van der Waals surface area contributed by atoms with Gasteiger partial charge in [-0.25, -0.2) is 0 Å². The number of nitrogens with one attached hydrogen (secondary N) is 1. The molecule has 7 heteroatoms. The fourth-order valence-corrected chi connectivity index (χ4v) is 4.33. The molecule has 4 rings (SSSR count). The van der Waals surface area contributed by atoms with Gasteiger partial charge in [-0.2, -0.15) is 0 Å². The number of hydrogen-bond donors (Lipinski definition) is 1. The molecule has 1 atom stereocenters. The number of ether oxygens (including phenoxy) is 1. The lowest BCUT2D eigenvalue weighted by Crippen LogP contribution is -2.43. The molecule has 0 saturated carbocycles. The van der Waals surface area contributed by atoms with Crippen LogP contribution in [0.15, 0.2) is 48.5 Å². The lowest BCUT2D eigenvalue weighted by Gasteiger charge is -2.35. The van der Waals surface area contributed by atoms with Crippen LogP contribution in [0.5, 0.6) is 0 Å². The first-order valence-corrected chi connectivity index (χ1v) is 11.1. The SMILES string of the molecule is Cc1ccc2c(c1)C(=O)N(CCCC(=O)NCC(c1ccccc1)N1CCOCC1)C2=O. The maximum absolute atomic E-state index is 12.6. The second kappa shape index (κ2) is 10.1. The van der Waals surface area contributed by atoms with Gasteiger partial charge in [0.2, 0.25) is 5.91 Å². The first kappa shape index (κ1) is 22.2. The number of carbonyl (C=O) groups is 3. The Morgan fingerprint density at radius 3 is 2.50 bits per heavy atom. The lowest BCUT2D eigenvalue weighted by molar-refractivity contribution is -0.121. The molecular formula is C25H29N3O4. The van der Waals surface area contributed by atoms with Crippen LogP contribution < -0.4 is 5.32 Å². The first-order valence-electron chi connectivity index (χ1n) is 11.1. The number of fused-ring (bicyclic) bond motifs is 1. The largest absolute Gasteiger partial charge is 0.379 e. The minimum absolute atomic E-state index is 0.0772. The van der Waals surface area contributed by atoms with Crippen LogP contribution in [0, 0.1) is 6.92 Å². The molecule has 2 aromatic carbocycles. The van der Waals surface area contributed by atoms with Crippen molar-refractivity contribution >= 4 is 17.7 Å². The van der Waals surface area contributed by atoms with Gasteiger partial charge in [-0.05, 0) is 31.0 Å². The molecule has 1 fully saturated rings. The van der Waals surface area contributed by atoms with Crippen molar-refractivity contribution in [2.75, 3.05) is 39.4 Å². The Morgan fingerprint density at radius 1 is 1.03 bits per heavy atom. The van der Waals surface area contributed by atoms with Crippen LogP contribution in [-0.2, 0) is 9.53 Å². The van der Waals surface area contributed by atoms with Crippen LogP contribution in [0.4, 0.5) is 0 Å². The highest BCUT2D eigenvalue weighted by Crippen LogP contribution is 2.24. The van der Waals surface area contributed by atoms with Gasteiger partial charge in [-0.1, -0.05) is 42.0 Å². The van der Waals surface area contributed by atoms with Crippen LogP contribution in [0.2, 0.25) is 0 Å². The summed E-state index contributed by atoms with van der Waals surface area (Å²) in [5, 5.41) is 3.04. The predicted octanol–water partition coefficient (Wildman–Crippen LogP) is 2.56. The molecule has 0 radical (unpaired) electrons. The quantitative estimate of drug-likeness (QED) is 0.645. The van der Waals surface area contributed by atoms with Gasteiger partial charge in [-0.3, -0.25) is 24.2 Å². The Morgan fingerprint density at radius 2 is 1.75 bits per heavy atom. The third-order valence-corrected chi connectivity index (χ3v) is 6.08. The molecule has 2 aliphatic rings. The fourth-order valence-electron chi connectivity index (χ4n) is 4.33. The average Bonchev–Trinajstić information content (AvgIpc) is 3.05. The summed E-state index contributed by atoms with van der Waals surface area (Å²) in [6, 6.07) is 15.5. The molecule has 3 amide bonds. The van der Waals surface area contributed by atoms with E-state index in [0.717, 1.165) is 24.2 Å². The molecular weight excluding hydrogens is 406 g/mol. The van der Waals surface area contributed by atoms with Gasteiger partial charge in [0.15, 0.2) is 0 Å². The van der Waals surface area contributed by atoms with Crippen LogP contribution >= 0.6 is 0 Å². The second-order valence-corrected chi connectivity index (χ2v) is 8.29. The van der Waals surface area contributed by atoms with Gasteiger partial charge in [0, 0.05) is 32.6 Å². The molecule has 1 unspecified atom stereocenters. The number of morpholine rings is 1. The van der Waals surface area contributed by atoms with Crippen LogP contribution in [-0.4, -0.2) is 66.9 Å². The van der Waals surface area contributed by atoms with E-state index in [0.29, 0.717) is 37.3 Å². The van der Waals surface area contributed by atoms with Crippen molar-refractivity contribution < 1.29 is 19.1 Å². The Hall–Kier alpha value is -3.03. The fraction of sp³-hybridized carbons (Fsp3) is 0.400. The van der Waals surface area contributed by atoms with Crippen LogP contribution in [0.1, 0.15) is 50.7 Å². The van der Waals surface area contributed by atoms with Gasteiger partial charge in [0.05, 0.1) is 30.4 Å². The summed E-state index contributed by atoms with van der Waals surface area (Å²) in [7, 11) is 0. The maximum Gasteiger partial charge on any atom is 0.261 e. The summed E-state index contributed by atoms with van der Waals surface area (Å²) >= 11 is 0. The van der Waals surface area contributed by atoms with E-state index in [1.54, 1.807) is 12.1 Å². The summed E-state index contributed by atoms with van der Waals surface area (Å²) in [4.78, 5) is 41.2. The second-order valence-electron chi connectivity index (χ2n) is 8.29. The lowest BCUT2D eigenvalue weighted by atomic mass is 10.0. The molecule has 2 aromatic rings. The Bertz CT molecular complexity index is 986. The zero-order valence-corrected chi connectivity index (χ0v) is 18.4. The summed E-state index contributed by atoms with van der Waals surface area (Å²) in [6.07, 6.45) is 0.695. The Labute approximate surface area is 188 Å². The number of carbonyl (C=O) groups excluding carboxylic acids is 3. The van der Waals surface area contributed by atoms with E-state index in [4.69, 9.17) is 4.74 Å². The molecule has 2 heterocycles. The van der Waals surface area contributed by atoms with Crippen molar-refractivity contribution in [3.05, 3.63) is 70.8 Å². The molecule has 2 aliphatic heterocycles. The van der Waals surface area contributed by atoms with Crippen LogP contribution in [0.25, 0.3) is 0 Å². The number of amides is 3. The molecule has 0 aromatic heterocycles. The monoisotopic (exact) mass is 435 g/mol. The maximum atomic E-state index is 12.6. The van der Waals surface area contributed by atoms with E-state index in [1.807, 2.05) is 31.2 Å². The van der Waals surface area contributed by atoms with Gasteiger partial charge in [0.1, 0.15) is 0 Å². The minimum atomic E-state index is -0.276. The van der Waals surface area contributed by atoms with E-state index in [-0.39, 0.29) is 36.7 Å². The minimum Gasteiger partial charge on any atom is -0.379 e. The molecule has 1 saturated heterocycles. The standard InChI is InChI=1S/C25H29N3O4/c1-18-9-10-20-21(16-18)25(31)28(24(20)30)11-5-8-23(29)26-17-22(19-6-3-2-4-7-19)27-12-14-32-15-13-27/h2-4,6-7,9-10,16,22H,5,8,11-15,17H2,1H3,(H,26,29). The van der Waals surface area contributed by atoms with E-state index < -0.39 is 0 Å². The van der Waals surface area contributed by atoms with Crippen molar-refractivity contribution in [1.82, 2.24) is 15.1 Å². The number of hydrogen-bond acceptors (Lipinski definition) is 5. The highest BCUT2D eigenvalue weighted by atomic mass is 16.5. The van der Waals surface area contributed by atoms with E-state index in [9.17, 15) is 14.4 Å². The van der Waals surface area contributed by atoms with Crippen molar-refractivity contribution in [2.24, 2.45) is 0 Å². The number of aryl methyl sites for hydroxylation is 1. The van der Waals surface area contributed by atoms with Crippen molar-refractivity contribution in [2.45, 2.75) is 25.8 Å². The van der Waals surface area contributed by atoms with Gasteiger partial charge in [-0.15, -0.1) is 0 Å². The average molecular weight is 436 g/mol. The Kier molecular flexibility index (Phi) is 6.97. The van der Waals surface area contributed by atoms with Crippen molar-refractivity contribution in [1.29, 1.82) is 0 Å². The van der Waals surface area contributed by atoms with Gasteiger partial charge < -0.3 is 10.1 Å². The summed E-state index contributed by atoms with van der Waals surface area (Å²) in [6.45, 7) is 5.68.